The number of rotatable bonds is 6. The van der Waals surface area contributed by atoms with Gasteiger partial charge in [-0.3, -0.25) is 14.9 Å². The zero-order valence-electron chi connectivity index (χ0n) is 16.5. The first-order chi connectivity index (χ1) is 15.5. The van der Waals surface area contributed by atoms with E-state index in [-0.39, 0.29) is 11.6 Å². The number of carbonyl (C=O) groups is 1. The van der Waals surface area contributed by atoms with E-state index >= 15 is 0 Å². The van der Waals surface area contributed by atoms with Crippen LogP contribution in [0, 0.1) is 10.1 Å². The van der Waals surface area contributed by atoms with Crippen molar-refractivity contribution in [3.8, 4) is 0 Å². The maximum atomic E-state index is 13.0. The minimum atomic E-state index is -0.468. The second-order valence-electron chi connectivity index (χ2n) is 6.60. The number of benzene rings is 3. The number of anilines is 1. The number of carbonyl (C=O) groups excluding carboxylic acids is 1. The third kappa shape index (κ3) is 5.13. The van der Waals surface area contributed by atoms with Crippen LogP contribution >= 0.6 is 27.3 Å². The summed E-state index contributed by atoms with van der Waals surface area (Å²) in [7, 11) is 0. The summed E-state index contributed by atoms with van der Waals surface area (Å²) in [5, 5.41) is 16.8. The Balaban J connectivity index is 1.67. The summed E-state index contributed by atoms with van der Waals surface area (Å²) in [6, 6.07) is 21.1. The van der Waals surface area contributed by atoms with Gasteiger partial charge >= 0.3 is 0 Å². The summed E-state index contributed by atoms with van der Waals surface area (Å²) in [5.74, 6) is -0.370. The molecule has 0 spiro atoms. The Bertz CT molecular complexity index is 1330. The molecule has 0 unspecified atom stereocenters. The third-order valence-electron chi connectivity index (χ3n) is 4.37. The minimum absolute atomic E-state index is 0.0161. The number of halogens is 1. The fourth-order valence-corrected chi connectivity index (χ4v) is 4.27. The molecular formula is C23H15BrN4O3S. The first kappa shape index (κ1) is 21.5. The van der Waals surface area contributed by atoms with Crippen molar-refractivity contribution in [3.63, 3.8) is 0 Å². The molecule has 0 saturated heterocycles. The number of fused-ring (bicyclic) bond motifs is 1. The molecule has 0 bridgehead atoms. The van der Waals surface area contributed by atoms with Crippen molar-refractivity contribution in [1.29, 1.82) is 0 Å². The molecule has 3 aromatic carbocycles. The number of nitro benzene ring substituents is 1. The Morgan fingerprint density at radius 3 is 2.53 bits per heavy atom. The third-order valence-corrected chi connectivity index (χ3v) is 5.86. The van der Waals surface area contributed by atoms with Crippen molar-refractivity contribution in [3.05, 3.63) is 105 Å². The molecule has 0 N–H and O–H groups in total. The Morgan fingerprint density at radius 1 is 1.06 bits per heavy atom. The molecule has 4 rings (SSSR count). The van der Waals surface area contributed by atoms with E-state index in [1.807, 2.05) is 48.5 Å². The number of nitrogens with zero attached hydrogens (tertiary/aromatic N) is 4. The fraction of sp³-hybridized carbons (Fsp3) is 0. The normalized spacial score (nSPS) is 11.4. The molecule has 4 aromatic rings. The van der Waals surface area contributed by atoms with Crippen LogP contribution in [0.2, 0.25) is 0 Å². The molecule has 0 fully saturated rings. The van der Waals surface area contributed by atoms with Crippen LogP contribution in [0.15, 0.2) is 88.4 Å². The van der Waals surface area contributed by atoms with Crippen molar-refractivity contribution in [2.45, 2.75) is 0 Å². The zero-order chi connectivity index (χ0) is 22.5. The van der Waals surface area contributed by atoms with E-state index in [1.165, 1.54) is 40.8 Å². The summed E-state index contributed by atoms with van der Waals surface area (Å²) in [5.41, 5.74) is 2.24. The van der Waals surface area contributed by atoms with E-state index in [2.05, 4.69) is 26.0 Å². The summed E-state index contributed by atoms with van der Waals surface area (Å²) in [4.78, 5) is 27.9. The summed E-state index contributed by atoms with van der Waals surface area (Å²) in [6.45, 7) is 0. The van der Waals surface area contributed by atoms with Crippen LogP contribution in [0.3, 0.4) is 0 Å². The molecular weight excluding hydrogens is 492 g/mol. The molecule has 1 aromatic heterocycles. The smallest absolute Gasteiger partial charge is 0.267 e. The molecule has 0 aliphatic rings. The Labute approximate surface area is 195 Å². The maximum absolute atomic E-state index is 13.0. The molecule has 0 aliphatic heterocycles. The fourth-order valence-electron chi connectivity index (χ4n) is 2.79. The lowest BCUT2D eigenvalue weighted by Crippen LogP contribution is -2.23. The number of thiazole rings is 1. The number of nitro groups is 1. The van der Waals surface area contributed by atoms with Gasteiger partial charge in [0.2, 0.25) is 5.13 Å². The second-order valence-corrected chi connectivity index (χ2v) is 8.52. The number of non-ortho nitro benzene ring substituents is 1. The van der Waals surface area contributed by atoms with Crippen molar-refractivity contribution >= 4 is 66.5 Å². The van der Waals surface area contributed by atoms with Gasteiger partial charge in [-0.05, 0) is 47.5 Å². The van der Waals surface area contributed by atoms with E-state index in [0.29, 0.717) is 10.7 Å². The van der Waals surface area contributed by atoms with E-state index in [0.717, 1.165) is 20.3 Å². The van der Waals surface area contributed by atoms with Gasteiger partial charge in [0.15, 0.2) is 0 Å². The predicted molar refractivity (Wildman–Crippen MR) is 131 cm³/mol. The van der Waals surface area contributed by atoms with Crippen LogP contribution in [0.4, 0.5) is 10.8 Å². The highest BCUT2D eigenvalue weighted by molar-refractivity contribution is 9.10. The maximum Gasteiger partial charge on any atom is 0.273 e. The molecule has 32 heavy (non-hydrogen) atoms. The lowest BCUT2D eigenvalue weighted by Gasteiger charge is -2.11. The number of amides is 1. The summed E-state index contributed by atoms with van der Waals surface area (Å²) >= 11 is 4.78. The highest BCUT2D eigenvalue weighted by Gasteiger charge is 2.17. The van der Waals surface area contributed by atoms with Crippen molar-refractivity contribution in [1.82, 2.24) is 4.98 Å². The lowest BCUT2D eigenvalue weighted by molar-refractivity contribution is -0.384. The largest absolute Gasteiger partial charge is 0.273 e. The van der Waals surface area contributed by atoms with Crippen molar-refractivity contribution in [2.24, 2.45) is 5.10 Å². The van der Waals surface area contributed by atoms with Crippen LogP contribution in [0.25, 0.3) is 16.3 Å². The Morgan fingerprint density at radius 2 is 1.81 bits per heavy atom. The first-order valence-corrected chi connectivity index (χ1v) is 11.0. The summed E-state index contributed by atoms with van der Waals surface area (Å²) < 4.78 is 1.82. The standard InChI is InChI=1S/C23H15BrN4O3S/c24-18-9-12-20-21(14-18)32-23(26-20)27(22(29)13-8-16-4-2-1-3-5-16)25-15-17-6-10-19(11-7-17)28(30)31/h1-15H/b13-8+,25-15+. The van der Waals surface area contributed by atoms with Gasteiger partial charge in [0.05, 0.1) is 21.4 Å². The van der Waals surface area contributed by atoms with Gasteiger partial charge in [0.25, 0.3) is 11.6 Å². The highest BCUT2D eigenvalue weighted by atomic mass is 79.9. The lowest BCUT2D eigenvalue weighted by atomic mass is 10.2. The molecule has 0 radical (unpaired) electrons. The van der Waals surface area contributed by atoms with Gasteiger partial charge in [-0.1, -0.05) is 57.6 Å². The monoisotopic (exact) mass is 506 g/mol. The van der Waals surface area contributed by atoms with Crippen LogP contribution in [0.5, 0.6) is 0 Å². The van der Waals surface area contributed by atoms with E-state index in [4.69, 9.17) is 0 Å². The first-order valence-electron chi connectivity index (χ1n) is 9.41. The SMILES string of the molecule is O=C(/C=C/c1ccccc1)N(/N=C/c1ccc([N+](=O)[O-])cc1)c1nc2ccc(Br)cc2s1. The molecule has 0 aliphatic carbocycles. The quantitative estimate of drug-likeness (QED) is 0.138. The van der Waals surface area contributed by atoms with Gasteiger partial charge in [0.1, 0.15) is 0 Å². The predicted octanol–water partition coefficient (Wildman–Crippen LogP) is 6.05. The van der Waals surface area contributed by atoms with Gasteiger partial charge < -0.3 is 0 Å². The molecule has 9 heteroatoms. The van der Waals surface area contributed by atoms with E-state index in [1.54, 1.807) is 18.2 Å². The second kappa shape index (κ2) is 9.63. The number of hydrogen-bond donors (Lipinski definition) is 0. The minimum Gasteiger partial charge on any atom is -0.267 e. The van der Waals surface area contributed by atoms with Crippen molar-refractivity contribution < 1.29 is 9.72 Å². The van der Waals surface area contributed by atoms with Gasteiger partial charge in [-0.2, -0.15) is 10.1 Å². The van der Waals surface area contributed by atoms with Crippen molar-refractivity contribution in [2.75, 3.05) is 5.01 Å². The molecule has 1 heterocycles. The summed E-state index contributed by atoms with van der Waals surface area (Å²) in [6.07, 6.45) is 4.62. The zero-order valence-corrected chi connectivity index (χ0v) is 18.9. The Kier molecular flexibility index (Phi) is 6.48. The molecule has 7 nitrogen and oxygen atoms in total. The molecule has 0 saturated carbocycles. The molecule has 158 valence electrons. The number of aromatic nitrogens is 1. The molecule has 1 amide bonds. The van der Waals surface area contributed by atoms with Gasteiger partial charge in [0, 0.05) is 22.7 Å². The van der Waals surface area contributed by atoms with E-state index < -0.39 is 4.92 Å². The number of hydrazone groups is 1. The van der Waals surface area contributed by atoms with Crippen LogP contribution in [0.1, 0.15) is 11.1 Å². The van der Waals surface area contributed by atoms with Crippen LogP contribution in [-0.2, 0) is 4.79 Å². The van der Waals surface area contributed by atoms with Gasteiger partial charge in [-0.25, -0.2) is 4.98 Å². The molecule has 0 atom stereocenters. The average molecular weight is 507 g/mol. The average Bonchev–Trinajstić information content (AvgIpc) is 3.21. The van der Waals surface area contributed by atoms with Crippen LogP contribution in [-0.4, -0.2) is 22.0 Å². The van der Waals surface area contributed by atoms with E-state index in [9.17, 15) is 14.9 Å². The topological polar surface area (TPSA) is 88.7 Å². The Hall–Kier alpha value is -3.69. The van der Waals surface area contributed by atoms with Gasteiger partial charge in [-0.15, -0.1) is 0 Å². The van der Waals surface area contributed by atoms with Crippen LogP contribution < -0.4 is 5.01 Å². The highest BCUT2D eigenvalue weighted by Crippen LogP contribution is 2.31. The number of hydrogen-bond acceptors (Lipinski definition) is 6.